The van der Waals surface area contributed by atoms with Crippen molar-refractivity contribution in [1.29, 1.82) is 0 Å². The Balaban J connectivity index is 1.61. The molecule has 45 heavy (non-hydrogen) atoms. The van der Waals surface area contributed by atoms with Crippen LogP contribution in [0.4, 0.5) is 0 Å². The average Bonchev–Trinajstić information content (AvgIpc) is 3.81. The van der Waals surface area contributed by atoms with Gasteiger partial charge in [-0.25, -0.2) is 0 Å². The lowest BCUT2D eigenvalue weighted by Crippen LogP contribution is -2.56. The van der Waals surface area contributed by atoms with E-state index in [-0.39, 0.29) is 0 Å². The van der Waals surface area contributed by atoms with Crippen LogP contribution in [-0.2, 0) is 30.0 Å². The molecule has 1 aromatic heterocycles. The summed E-state index contributed by atoms with van der Waals surface area (Å²) in [7, 11) is 2.44. The number of rotatable bonds is 12. The summed E-state index contributed by atoms with van der Waals surface area (Å²) in [4.78, 5) is 0. The van der Waals surface area contributed by atoms with Crippen LogP contribution in [0.15, 0.2) is 157 Å². The van der Waals surface area contributed by atoms with E-state index in [1.807, 2.05) is 121 Å². The summed E-state index contributed by atoms with van der Waals surface area (Å²) < 4.78 is 33.0. The summed E-state index contributed by atoms with van der Waals surface area (Å²) in [5.74, 6) is -0.300. The topological polar surface area (TPSA) is 70.3 Å². The molecule has 0 saturated carbocycles. The Bertz CT molecular complexity index is 1450. The Hall–Kier alpha value is -4.24. The van der Waals surface area contributed by atoms with Gasteiger partial charge >= 0.3 is 7.12 Å². The van der Waals surface area contributed by atoms with E-state index in [0.717, 1.165) is 22.3 Å². The number of ether oxygens (including phenoxy) is 2. The summed E-state index contributed by atoms with van der Waals surface area (Å²) in [5.41, 5.74) is 1.21. The lowest BCUT2D eigenvalue weighted by atomic mass is 9.68. The molecule has 0 bridgehead atoms. The van der Waals surface area contributed by atoms with E-state index < -0.39 is 42.4 Å². The van der Waals surface area contributed by atoms with Crippen LogP contribution >= 0.6 is 0 Å². The first kappa shape index (κ1) is 30.8. The molecule has 1 aliphatic heterocycles. The Kier molecular flexibility index (Phi) is 9.17. The van der Waals surface area contributed by atoms with Crippen LogP contribution in [0.3, 0.4) is 0 Å². The zero-order valence-corrected chi connectivity index (χ0v) is 25.4. The lowest BCUT2D eigenvalue weighted by Gasteiger charge is -2.47. The van der Waals surface area contributed by atoms with Crippen molar-refractivity contribution in [2.75, 3.05) is 14.2 Å². The number of hydrogen-bond acceptors (Lipinski definition) is 6. The second-order valence-corrected chi connectivity index (χ2v) is 11.1. The summed E-state index contributed by atoms with van der Waals surface area (Å²) in [6, 6.07) is 43.5. The number of methoxy groups -OCH3 is 2. The number of furan rings is 1. The Labute approximate surface area is 265 Å². The van der Waals surface area contributed by atoms with Crippen LogP contribution in [0.5, 0.6) is 0 Å². The third-order valence-corrected chi connectivity index (χ3v) is 8.88. The maximum Gasteiger partial charge on any atom is 0.468 e. The van der Waals surface area contributed by atoms with Crippen molar-refractivity contribution in [3.8, 4) is 0 Å². The summed E-state index contributed by atoms with van der Waals surface area (Å²) in [6.45, 7) is 4.06. The van der Waals surface area contributed by atoms with E-state index >= 15 is 0 Å². The van der Waals surface area contributed by atoms with Crippen LogP contribution in [0, 0.1) is 0 Å². The molecule has 7 heteroatoms. The second kappa shape index (κ2) is 13.4. The summed E-state index contributed by atoms with van der Waals surface area (Å²) in [5, 5.41) is 11.5. The number of aliphatic hydroxyl groups is 1. The van der Waals surface area contributed by atoms with Crippen molar-refractivity contribution < 1.29 is 28.3 Å². The average molecular weight is 601 g/mol. The van der Waals surface area contributed by atoms with Gasteiger partial charge in [0.1, 0.15) is 35.3 Å². The van der Waals surface area contributed by atoms with Crippen LogP contribution in [0.2, 0.25) is 5.82 Å². The van der Waals surface area contributed by atoms with Gasteiger partial charge in [0, 0.05) is 20.0 Å². The predicted molar refractivity (Wildman–Crippen MR) is 174 cm³/mol. The van der Waals surface area contributed by atoms with Crippen LogP contribution in [0.25, 0.3) is 0 Å². The molecule has 4 atom stereocenters. The normalized spacial score (nSPS) is 18.4. The smallest absolute Gasteiger partial charge is 0.467 e. The predicted octanol–water partition coefficient (Wildman–Crippen LogP) is 7.32. The largest absolute Gasteiger partial charge is 0.468 e. The van der Waals surface area contributed by atoms with Gasteiger partial charge in [-0.1, -0.05) is 127 Å². The summed E-state index contributed by atoms with van der Waals surface area (Å²) >= 11 is 0. The van der Waals surface area contributed by atoms with Crippen molar-refractivity contribution in [3.63, 3.8) is 0 Å². The molecule has 4 aromatic carbocycles. The number of benzene rings is 4. The second-order valence-electron chi connectivity index (χ2n) is 11.1. The molecule has 1 N–H and O–H groups in total. The molecule has 5 aromatic rings. The summed E-state index contributed by atoms with van der Waals surface area (Å²) in [6.07, 6.45) is 0.531. The fourth-order valence-electron chi connectivity index (χ4n) is 6.74. The van der Waals surface area contributed by atoms with Crippen LogP contribution in [0.1, 0.15) is 34.1 Å². The van der Waals surface area contributed by atoms with Gasteiger partial charge in [0.25, 0.3) is 0 Å². The minimum atomic E-state index is -1.16. The van der Waals surface area contributed by atoms with Gasteiger partial charge in [0.2, 0.25) is 0 Å². The Morgan fingerprint density at radius 2 is 1.02 bits per heavy atom. The molecule has 0 spiro atoms. The highest BCUT2D eigenvalue weighted by Crippen LogP contribution is 2.52. The zero-order chi connectivity index (χ0) is 31.3. The van der Waals surface area contributed by atoms with Gasteiger partial charge in [0.15, 0.2) is 0 Å². The minimum Gasteiger partial charge on any atom is -0.467 e. The van der Waals surface area contributed by atoms with Crippen LogP contribution in [-0.4, -0.2) is 38.7 Å². The van der Waals surface area contributed by atoms with E-state index in [2.05, 4.69) is 6.58 Å². The van der Waals surface area contributed by atoms with Crippen molar-refractivity contribution >= 4 is 7.12 Å². The Morgan fingerprint density at radius 1 is 0.644 bits per heavy atom. The molecular formula is C38H37BO6. The number of aliphatic hydroxyl groups excluding tert-OH is 1. The van der Waals surface area contributed by atoms with E-state index in [1.165, 1.54) is 6.26 Å². The van der Waals surface area contributed by atoms with Crippen molar-refractivity contribution in [3.05, 3.63) is 180 Å². The van der Waals surface area contributed by atoms with Gasteiger partial charge in [-0.15, -0.1) is 6.58 Å². The quantitative estimate of drug-likeness (QED) is 0.120. The molecule has 2 heterocycles. The van der Waals surface area contributed by atoms with Gasteiger partial charge in [-0.3, -0.25) is 0 Å². The molecule has 0 radical (unpaired) electrons. The first-order chi connectivity index (χ1) is 22.1. The fourth-order valence-corrected chi connectivity index (χ4v) is 6.74. The molecule has 0 aliphatic carbocycles. The SMILES string of the molecule is C=C[C@@H](B1O[C@@H](C(OC)(c2ccccc2)c2ccccc2)[C@H](C(OC)(c2ccccc2)c2ccccc2)O1)[C@@H](O)c1ccco1. The van der Waals surface area contributed by atoms with Gasteiger partial charge in [-0.2, -0.15) is 0 Å². The van der Waals surface area contributed by atoms with Gasteiger partial charge in [-0.05, 0) is 34.4 Å². The van der Waals surface area contributed by atoms with Gasteiger partial charge < -0.3 is 28.3 Å². The Morgan fingerprint density at radius 3 is 1.31 bits per heavy atom. The maximum absolute atomic E-state index is 11.5. The van der Waals surface area contributed by atoms with Crippen LogP contribution < -0.4 is 0 Å². The zero-order valence-electron chi connectivity index (χ0n) is 25.4. The molecule has 0 amide bonds. The fraction of sp³-hybridized carbons (Fsp3) is 0.211. The van der Waals surface area contributed by atoms with Crippen molar-refractivity contribution in [1.82, 2.24) is 0 Å². The van der Waals surface area contributed by atoms with E-state index in [0.29, 0.717) is 5.76 Å². The lowest BCUT2D eigenvalue weighted by molar-refractivity contribution is -0.136. The molecule has 0 unspecified atom stereocenters. The minimum absolute atomic E-state index is 0.389. The highest BCUT2D eigenvalue weighted by atomic mass is 16.7. The number of hydrogen-bond donors (Lipinski definition) is 1. The molecule has 1 aliphatic rings. The molecule has 1 saturated heterocycles. The van der Waals surface area contributed by atoms with Gasteiger partial charge in [0.05, 0.1) is 6.26 Å². The monoisotopic (exact) mass is 600 g/mol. The van der Waals surface area contributed by atoms with Crippen molar-refractivity contribution in [2.24, 2.45) is 0 Å². The highest BCUT2D eigenvalue weighted by Gasteiger charge is 2.63. The molecule has 6 nitrogen and oxygen atoms in total. The third-order valence-electron chi connectivity index (χ3n) is 8.88. The molecule has 228 valence electrons. The highest BCUT2D eigenvalue weighted by molar-refractivity contribution is 6.48. The van der Waals surface area contributed by atoms with E-state index in [1.54, 1.807) is 32.4 Å². The third kappa shape index (κ3) is 5.37. The first-order valence-electron chi connectivity index (χ1n) is 15.1. The standard InChI is InChI=1S/C38H37BO6/c1-4-32(34(40)33-26-17-27-43-33)39-44-35(37(41-2,28-18-9-5-10-19-28)29-20-11-6-12-21-29)36(45-39)38(42-3,30-22-13-7-14-23-30)31-24-15-8-16-25-31/h4-27,32,34-36,40H,1H2,2-3H3/t32-,34-,35-,36-/m1/s1. The molecule has 1 fully saturated rings. The molecule has 6 rings (SSSR count). The first-order valence-corrected chi connectivity index (χ1v) is 15.1. The van der Waals surface area contributed by atoms with E-state index in [4.69, 9.17) is 23.2 Å². The van der Waals surface area contributed by atoms with Crippen molar-refractivity contribution in [2.45, 2.75) is 35.3 Å². The van der Waals surface area contributed by atoms with E-state index in [9.17, 15) is 5.11 Å². The maximum atomic E-state index is 11.5. The molecular weight excluding hydrogens is 563 g/mol.